The van der Waals surface area contributed by atoms with Gasteiger partial charge in [0, 0.05) is 24.1 Å². The number of rotatable bonds is 5. The minimum absolute atomic E-state index is 0.297. The molecule has 0 unspecified atom stereocenters. The lowest BCUT2D eigenvalue weighted by Crippen LogP contribution is -2.21. The molecule has 8 nitrogen and oxygen atoms in total. The van der Waals surface area contributed by atoms with Crippen LogP contribution in [0.4, 0.5) is 29.3 Å². The van der Waals surface area contributed by atoms with Gasteiger partial charge in [0.15, 0.2) is 0 Å². The average Bonchev–Trinajstić information content (AvgIpc) is 3.30. The van der Waals surface area contributed by atoms with Crippen LogP contribution in [0.1, 0.15) is 5.56 Å². The number of nitrogens with one attached hydrogen (secondary N) is 2. The molecular formula is C21H15F3N6O2. The van der Waals surface area contributed by atoms with Gasteiger partial charge in [-0.25, -0.2) is 19.7 Å². The fourth-order valence-corrected chi connectivity index (χ4v) is 2.77. The molecule has 0 atom stereocenters. The van der Waals surface area contributed by atoms with E-state index in [-0.39, 0.29) is 5.69 Å². The van der Waals surface area contributed by atoms with E-state index in [1.165, 1.54) is 24.5 Å². The number of urea groups is 1. The first-order chi connectivity index (χ1) is 15.4. The summed E-state index contributed by atoms with van der Waals surface area (Å²) in [6, 6.07) is 11.8. The monoisotopic (exact) mass is 440 g/mol. The van der Waals surface area contributed by atoms with Crippen LogP contribution >= 0.6 is 0 Å². The van der Waals surface area contributed by atoms with Gasteiger partial charge in [0.05, 0.1) is 11.3 Å². The van der Waals surface area contributed by atoms with Crippen molar-refractivity contribution in [2.45, 2.75) is 6.18 Å². The molecule has 4 aromatic rings. The summed E-state index contributed by atoms with van der Waals surface area (Å²) >= 11 is 0. The molecule has 2 amide bonds. The Kier molecular flexibility index (Phi) is 5.71. The minimum atomic E-state index is -4.58. The highest BCUT2D eigenvalue weighted by Gasteiger charge is 2.33. The molecular weight excluding hydrogens is 425 g/mol. The van der Waals surface area contributed by atoms with Gasteiger partial charge in [0.2, 0.25) is 5.88 Å². The Bertz CT molecular complexity index is 1210. The van der Waals surface area contributed by atoms with E-state index < -0.39 is 17.8 Å². The van der Waals surface area contributed by atoms with Gasteiger partial charge >= 0.3 is 12.2 Å². The van der Waals surface area contributed by atoms with E-state index >= 15 is 0 Å². The van der Waals surface area contributed by atoms with Crippen molar-refractivity contribution in [3.05, 3.63) is 85.2 Å². The number of halogens is 3. The highest BCUT2D eigenvalue weighted by Crippen LogP contribution is 2.34. The molecule has 0 saturated carbocycles. The second-order valence-corrected chi connectivity index (χ2v) is 6.43. The van der Waals surface area contributed by atoms with Gasteiger partial charge in [0.25, 0.3) is 0 Å². The Balaban J connectivity index is 1.40. The molecule has 11 heteroatoms. The van der Waals surface area contributed by atoms with Crippen LogP contribution in [0.3, 0.4) is 0 Å². The van der Waals surface area contributed by atoms with E-state index in [2.05, 4.69) is 25.6 Å². The Morgan fingerprint density at radius 2 is 1.78 bits per heavy atom. The molecule has 0 bridgehead atoms. The van der Waals surface area contributed by atoms with E-state index in [9.17, 15) is 18.0 Å². The number of anilines is 2. The van der Waals surface area contributed by atoms with E-state index in [0.29, 0.717) is 23.1 Å². The van der Waals surface area contributed by atoms with Crippen molar-refractivity contribution < 1.29 is 22.7 Å². The fraction of sp³-hybridized carbons (Fsp3) is 0.0476. The molecule has 2 N–H and O–H groups in total. The van der Waals surface area contributed by atoms with Crippen LogP contribution in [0, 0.1) is 0 Å². The van der Waals surface area contributed by atoms with Gasteiger partial charge in [-0.2, -0.15) is 13.2 Å². The lowest BCUT2D eigenvalue weighted by Gasteiger charge is -2.14. The molecule has 2 aromatic carbocycles. The lowest BCUT2D eigenvalue weighted by molar-refractivity contribution is -0.136. The molecule has 0 fully saturated rings. The Morgan fingerprint density at radius 3 is 2.50 bits per heavy atom. The Labute approximate surface area is 179 Å². The molecule has 2 aromatic heterocycles. The van der Waals surface area contributed by atoms with Crippen LogP contribution in [0.15, 0.2) is 79.6 Å². The second kappa shape index (κ2) is 8.76. The highest BCUT2D eigenvalue weighted by atomic mass is 19.4. The molecule has 0 spiro atoms. The number of imidazole rings is 1. The van der Waals surface area contributed by atoms with E-state index in [4.69, 9.17) is 4.74 Å². The predicted octanol–water partition coefficient (Wildman–Crippen LogP) is 5.12. The number of hydrogen-bond acceptors (Lipinski definition) is 5. The summed E-state index contributed by atoms with van der Waals surface area (Å²) in [5.41, 5.74) is -0.908. The smallest absolute Gasteiger partial charge is 0.418 e. The van der Waals surface area contributed by atoms with Crippen LogP contribution in [0.5, 0.6) is 11.6 Å². The minimum Gasteiger partial charge on any atom is -0.439 e. The van der Waals surface area contributed by atoms with Crippen molar-refractivity contribution in [1.82, 2.24) is 19.5 Å². The van der Waals surface area contributed by atoms with Crippen LogP contribution in [-0.4, -0.2) is 25.6 Å². The zero-order valence-corrected chi connectivity index (χ0v) is 16.2. The first-order valence-corrected chi connectivity index (χ1v) is 9.21. The average molecular weight is 440 g/mol. The van der Waals surface area contributed by atoms with Crippen LogP contribution in [-0.2, 0) is 6.18 Å². The summed E-state index contributed by atoms with van der Waals surface area (Å²) in [6.45, 7) is 0. The Hall–Kier alpha value is -4.41. The van der Waals surface area contributed by atoms with E-state index in [0.717, 1.165) is 6.07 Å². The summed E-state index contributed by atoms with van der Waals surface area (Å²) in [7, 11) is 0. The number of hydrogen-bond donors (Lipinski definition) is 2. The summed E-state index contributed by atoms with van der Waals surface area (Å²) in [5, 5.41) is 4.69. The standard InChI is InChI=1S/C21H15F3N6O2/c22-21(23,24)16-3-1-2-4-17(16)29-20(31)28-14-5-7-15(8-6-14)32-19-11-18(26-12-27-19)30-10-9-25-13-30/h1-13H,(H2,28,29,31). The number of carbonyl (C=O) groups is 1. The normalized spacial score (nSPS) is 11.1. The zero-order chi connectivity index (χ0) is 22.6. The Morgan fingerprint density at radius 1 is 1.00 bits per heavy atom. The molecule has 0 saturated heterocycles. The molecule has 0 aliphatic carbocycles. The maximum absolute atomic E-state index is 13.1. The van der Waals surface area contributed by atoms with Gasteiger partial charge in [-0.15, -0.1) is 0 Å². The largest absolute Gasteiger partial charge is 0.439 e. The molecule has 4 rings (SSSR count). The fourth-order valence-electron chi connectivity index (χ4n) is 2.77. The van der Waals surface area contributed by atoms with Crippen molar-refractivity contribution in [3.8, 4) is 17.4 Å². The van der Waals surface area contributed by atoms with E-state index in [1.807, 2.05) is 0 Å². The summed E-state index contributed by atoms with van der Waals surface area (Å²) in [5.74, 6) is 1.31. The van der Waals surface area contributed by atoms with Crippen molar-refractivity contribution in [2.24, 2.45) is 0 Å². The summed E-state index contributed by atoms with van der Waals surface area (Å²) < 4.78 is 46.5. The van der Waals surface area contributed by atoms with Gasteiger partial charge in [0.1, 0.15) is 24.2 Å². The lowest BCUT2D eigenvalue weighted by atomic mass is 10.1. The second-order valence-electron chi connectivity index (χ2n) is 6.43. The van der Waals surface area contributed by atoms with Crippen molar-refractivity contribution in [2.75, 3.05) is 10.6 Å². The molecule has 32 heavy (non-hydrogen) atoms. The highest BCUT2D eigenvalue weighted by molar-refractivity contribution is 6.00. The van der Waals surface area contributed by atoms with Crippen molar-refractivity contribution in [3.63, 3.8) is 0 Å². The zero-order valence-electron chi connectivity index (χ0n) is 16.2. The molecule has 2 heterocycles. The molecule has 0 aliphatic rings. The summed E-state index contributed by atoms with van der Waals surface area (Å²) in [6.07, 6.45) is 1.70. The molecule has 162 valence electrons. The number of benzene rings is 2. The van der Waals surface area contributed by atoms with Gasteiger partial charge in [-0.05, 0) is 36.4 Å². The quantitative estimate of drug-likeness (QED) is 0.449. The van der Waals surface area contributed by atoms with Crippen LogP contribution < -0.4 is 15.4 Å². The number of para-hydroxylation sites is 1. The van der Waals surface area contributed by atoms with Crippen LogP contribution in [0.25, 0.3) is 5.82 Å². The van der Waals surface area contributed by atoms with Crippen molar-refractivity contribution in [1.29, 1.82) is 0 Å². The van der Waals surface area contributed by atoms with Gasteiger partial charge in [-0.1, -0.05) is 12.1 Å². The summed E-state index contributed by atoms with van der Waals surface area (Å²) in [4.78, 5) is 24.3. The number of carbonyl (C=O) groups excluding carboxylic acids is 1. The third-order valence-electron chi connectivity index (χ3n) is 4.21. The topological polar surface area (TPSA) is 94.0 Å². The number of amides is 2. The third kappa shape index (κ3) is 5.01. The maximum atomic E-state index is 13.1. The number of alkyl halides is 3. The SMILES string of the molecule is O=C(Nc1ccc(Oc2cc(-n3ccnc3)ncn2)cc1)Nc1ccccc1C(F)(F)F. The first kappa shape index (κ1) is 20.8. The van der Waals surface area contributed by atoms with Gasteiger partial charge in [-0.3, -0.25) is 4.57 Å². The number of aromatic nitrogens is 4. The molecule has 0 radical (unpaired) electrons. The maximum Gasteiger partial charge on any atom is 0.418 e. The number of nitrogens with zero attached hydrogens (tertiary/aromatic N) is 4. The number of ether oxygens (including phenoxy) is 1. The van der Waals surface area contributed by atoms with Gasteiger partial charge < -0.3 is 15.4 Å². The first-order valence-electron chi connectivity index (χ1n) is 9.21. The van der Waals surface area contributed by atoms with Crippen molar-refractivity contribution >= 4 is 17.4 Å². The molecule has 0 aliphatic heterocycles. The predicted molar refractivity (Wildman–Crippen MR) is 110 cm³/mol. The van der Waals surface area contributed by atoms with E-state index in [1.54, 1.807) is 53.6 Å². The third-order valence-corrected chi connectivity index (χ3v) is 4.21. The van der Waals surface area contributed by atoms with Crippen LogP contribution in [0.2, 0.25) is 0 Å².